The molecule has 10 heteroatoms. The van der Waals surface area contributed by atoms with Crippen LogP contribution in [0.1, 0.15) is 44.1 Å². The number of hydrogen-bond donors (Lipinski definition) is 4. The number of benzene rings is 1. The minimum Gasteiger partial charge on any atom is -0.426 e. The first-order valence-electron chi connectivity index (χ1n) is 9.50. The van der Waals surface area contributed by atoms with Crippen LogP contribution in [-0.4, -0.2) is 41.5 Å². The van der Waals surface area contributed by atoms with Crippen LogP contribution in [-0.2, 0) is 16.1 Å². The molecule has 1 aromatic rings. The highest BCUT2D eigenvalue weighted by atomic mass is 16.4. The maximum Gasteiger partial charge on any atom is 0.475 e. The summed E-state index contributed by atoms with van der Waals surface area (Å²) in [4.78, 5) is 28.5. The summed E-state index contributed by atoms with van der Waals surface area (Å²) in [5.41, 5.74) is 8.04. The van der Waals surface area contributed by atoms with Gasteiger partial charge < -0.3 is 20.7 Å². The van der Waals surface area contributed by atoms with Crippen LogP contribution in [0.4, 0.5) is 0 Å². The number of hydrogen-bond acceptors (Lipinski definition) is 5. The molecule has 0 unspecified atom stereocenters. The van der Waals surface area contributed by atoms with Gasteiger partial charge in [0, 0.05) is 18.0 Å². The summed E-state index contributed by atoms with van der Waals surface area (Å²) < 4.78 is 0. The zero-order valence-corrected chi connectivity index (χ0v) is 15.8. The summed E-state index contributed by atoms with van der Waals surface area (Å²) in [5, 5.41) is 28.0. The Kier molecular flexibility index (Phi) is 8.31. The van der Waals surface area contributed by atoms with Crippen molar-refractivity contribution in [3.63, 3.8) is 0 Å². The highest BCUT2D eigenvalue weighted by Crippen LogP contribution is 2.39. The van der Waals surface area contributed by atoms with E-state index in [4.69, 9.17) is 5.53 Å². The van der Waals surface area contributed by atoms with Crippen LogP contribution in [0.2, 0.25) is 0 Å². The van der Waals surface area contributed by atoms with Gasteiger partial charge in [-0.05, 0) is 36.8 Å². The Morgan fingerprint density at radius 1 is 1.21 bits per heavy atom. The number of carbonyl (C=O) groups is 2. The molecule has 1 aromatic carbocycles. The molecule has 0 aliphatic heterocycles. The van der Waals surface area contributed by atoms with E-state index in [1.54, 1.807) is 0 Å². The summed E-state index contributed by atoms with van der Waals surface area (Å²) >= 11 is 0. The van der Waals surface area contributed by atoms with Crippen LogP contribution in [0, 0.1) is 5.41 Å². The number of carbonyl (C=O) groups excluding carboxylic acids is 2. The standard InChI is InChI=1S/C18H26BN5O4/c20-24-22-12-6-9-15(19(27)28)23-17(26)18(10-4-5-11-18)16(25)21-13-14-7-2-1-3-8-14/h1-3,7-8,15,27-28H,4-6,9-13H2,(H,21,25)(H,23,26)/t15-/m0/s1. The van der Waals surface area contributed by atoms with Crippen molar-refractivity contribution in [1.29, 1.82) is 0 Å². The molecule has 1 aliphatic carbocycles. The highest BCUT2D eigenvalue weighted by Gasteiger charge is 2.48. The lowest BCUT2D eigenvalue weighted by atomic mass is 9.75. The van der Waals surface area contributed by atoms with Crippen LogP contribution < -0.4 is 10.6 Å². The lowest BCUT2D eigenvalue weighted by Crippen LogP contribution is -2.55. The van der Waals surface area contributed by atoms with Gasteiger partial charge in [-0.2, -0.15) is 0 Å². The number of nitrogens with zero attached hydrogens (tertiary/aromatic N) is 3. The maximum atomic E-state index is 12.9. The maximum absolute atomic E-state index is 12.9. The van der Waals surface area contributed by atoms with Crippen LogP contribution in [0.5, 0.6) is 0 Å². The molecule has 0 aromatic heterocycles. The van der Waals surface area contributed by atoms with Crippen molar-refractivity contribution in [3.05, 3.63) is 46.3 Å². The summed E-state index contributed by atoms with van der Waals surface area (Å²) in [6, 6.07) is 9.43. The third kappa shape index (κ3) is 5.72. The predicted octanol–water partition coefficient (Wildman–Crippen LogP) is 1.45. The molecular weight excluding hydrogens is 361 g/mol. The monoisotopic (exact) mass is 387 g/mol. The molecule has 4 N–H and O–H groups in total. The first kappa shape index (κ1) is 21.8. The van der Waals surface area contributed by atoms with Gasteiger partial charge in [0.2, 0.25) is 11.8 Å². The number of rotatable bonds is 10. The lowest BCUT2D eigenvalue weighted by Gasteiger charge is -2.29. The Bertz CT molecular complexity index is 703. The molecule has 0 spiro atoms. The van der Waals surface area contributed by atoms with Crippen LogP contribution in [0.25, 0.3) is 10.4 Å². The van der Waals surface area contributed by atoms with E-state index in [1.165, 1.54) is 0 Å². The van der Waals surface area contributed by atoms with Crippen molar-refractivity contribution in [2.75, 3.05) is 6.54 Å². The second-order valence-corrected chi connectivity index (χ2v) is 7.05. The third-order valence-corrected chi connectivity index (χ3v) is 5.14. The van der Waals surface area contributed by atoms with Crippen molar-refractivity contribution >= 4 is 18.9 Å². The molecule has 0 heterocycles. The summed E-state index contributed by atoms with van der Waals surface area (Å²) in [7, 11) is -1.76. The second-order valence-electron chi connectivity index (χ2n) is 7.05. The smallest absolute Gasteiger partial charge is 0.426 e. The van der Waals surface area contributed by atoms with E-state index in [0.29, 0.717) is 25.8 Å². The van der Waals surface area contributed by atoms with Gasteiger partial charge in [-0.25, -0.2) is 0 Å². The third-order valence-electron chi connectivity index (χ3n) is 5.14. The number of azide groups is 1. The van der Waals surface area contributed by atoms with Crippen LogP contribution in [0.15, 0.2) is 35.4 Å². The predicted molar refractivity (Wildman–Crippen MR) is 105 cm³/mol. The minimum atomic E-state index is -1.76. The molecular formula is C18H26BN5O4. The van der Waals surface area contributed by atoms with Crippen molar-refractivity contribution in [1.82, 2.24) is 10.6 Å². The van der Waals surface area contributed by atoms with Gasteiger partial charge in [0.1, 0.15) is 5.41 Å². The normalized spacial score (nSPS) is 15.9. The first-order chi connectivity index (χ1) is 13.5. The van der Waals surface area contributed by atoms with Crippen molar-refractivity contribution in [2.45, 2.75) is 51.0 Å². The molecule has 150 valence electrons. The highest BCUT2D eigenvalue weighted by molar-refractivity contribution is 6.43. The van der Waals surface area contributed by atoms with Gasteiger partial charge in [-0.1, -0.05) is 48.3 Å². The first-order valence-corrected chi connectivity index (χ1v) is 9.50. The van der Waals surface area contributed by atoms with Gasteiger partial charge in [-0.3, -0.25) is 9.59 Å². The molecule has 28 heavy (non-hydrogen) atoms. The average Bonchev–Trinajstić information content (AvgIpc) is 3.20. The molecule has 1 fully saturated rings. The SMILES string of the molecule is [N-]=[N+]=NCCC[C@H](NC(=O)C1(C(=O)NCc2ccccc2)CCCC1)B(O)O. The Hall–Kier alpha value is -2.55. The number of amides is 2. The lowest BCUT2D eigenvalue weighted by molar-refractivity contribution is -0.143. The average molecular weight is 387 g/mol. The Balaban J connectivity index is 2.02. The van der Waals surface area contributed by atoms with Gasteiger partial charge in [0.15, 0.2) is 0 Å². The van der Waals surface area contributed by atoms with Crippen LogP contribution >= 0.6 is 0 Å². The second kappa shape index (κ2) is 10.7. The van der Waals surface area contributed by atoms with E-state index in [0.717, 1.165) is 18.4 Å². The van der Waals surface area contributed by atoms with E-state index >= 15 is 0 Å². The molecule has 1 saturated carbocycles. The van der Waals surface area contributed by atoms with E-state index in [9.17, 15) is 19.6 Å². The van der Waals surface area contributed by atoms with E-state index in [2.05, 4.69) is 20.7 Å². The van der Waals surface area contributed by atoms with Crippen molar-refractivity contribution in [3.8, 4) is 0 Å². The van der Waals surface area contributed by atoms with Gasteiger partial charge in [-0.15, -0.1) is 0 Å². The summed E-state index contributed by atoms with van der Waals surface area (Å²) in [6.07, 6.45) is 2.98. The largest absolute Gasteiger partial charge is 0.475 e. The molecule has 0 radical (unpaired) electrons. The number of nitrogens with one attached hydrogen (secondary N) is 2. The molecule has 9 nitrogen and oxygen atoms in total. The molecule has 1 atom stereocenters. The molecule has 2 rings (SSSR count). The zero-order chi connectivity index (χ0) is 20.4. The fourth-order valence-corrected chi connectivity index (χ4v) is 3.51. The zero-order valence-electron chi connectivity index (χ0n) is 15.8. The van der Waals surface area contributed by atoms with Crippen LogP contribution in [0.3, 0.4) is 0 Å². The van der Waals surface area contributed by atoms with E-state index in [1.807, 2.05) is 30.3 Å². The Morgan fingerprint density at radius 3 is 2.50 bits per heavy atom. The topological polar surface area (TPSA) is 147 Å². The van der Waals surface area contributed by atoms with Crippen molar-refractivity contribution < 1.29 is 19.6 Å². The minimum absolute atomic E-state index is 0.193. The van der Waals surface area contributed by atoms with Crippen molar-refractivity contribution in [2.24, 2.45) is 10.5 Å². The quantitative estimate of drug-likeness (QED) is 0.120. The van der Waals surface area contributed by atoms with Gasteiger partial charge >= 0.3 is 7.12 Å². The Labute approximate surface area is 164 Å². The fraction of sp³-hybridized carbons (Fsp3) is 0.556. The summed E-state index contributed by atoms with van der Waals surface area (Å²) in [5.74, 6) is -1.76. The fourth-order valence-electron chi connectivity index (χ4n) is 3.51. The summed E-state index contributed by atoms with van der Waals surface area (Å²) in [6.45, 7) is 0.519. The molecule has 2 amide bonds. The van der Waals surface area contributed by atoms with E-state index < -0.39 is 24.4 Å². The van der Waals surface area contributed by atoms with Gasteiger partial charge in [0.25, 0.3) is 0 Å². The molecule has 0 bridgehead atoms. The Morgan fingerprint density at radius 2 is 1.89 bits per heavy atom. The van der Waals surface area contributed by atoms with E-state index in [-0.39, 0.29) is 18.9 Å². The molecule has 0 saturated heterocycles. The van der Waals surface area contributed by atoms with Gasteiger partial charge in [0.05, 0.1) is 5.94 Å². The molecule has 1 aliphatic rings.